The van der Waals surface area contributed by atoms with Crippen LogP contribution in [0.2, 0.25) is 0 Å². The average Bonchev–Trinajstić information content (AvgIpc) is 3.18. The van der Waals surface area contributed by atoms with Crippen molar-refractivity contribution >= 4 is 44.0 Å². The molecule has 3 aromatic carbocycles. The molecule has 0 bridgehead atoms. The first kappa shape index (κ1) is 25.3. The topological polar surface area (TPSA) is 96.0 Å². The molecule has 1 N–H and O–H groups in total. The Hall–Kier alpha value is -3.34. The molecule has 2 aliphatic heterocycles. The van der Waals surface area contributed by atoms with Crippen molar-refractivity contribution in [2.45, 2.75) is 24.2 Å². The quantitative estimate of drug-likeness (QED) is 0.449. The number of rotatable bonds is 8. The predicted molar refractivity (Wildman–Crippen MR) is 139 cm³/mol. The number of benzene rings is 3. The smallest absolute Gasteiger partial charge is 0.258 e. The minimum Gasteiger partial charge on any atom is -0.385 e. The third kappa shape index (κ3) is 4.72. The Labute approximate surface area is 215 Å². The maximum Gasteiger partial charge on any atom is 0.258 e. The van der Waals surface area contributed by atoms with Crippen LogP contribution in [0.3, 0.4) is 0 Å². The van der Waals surface area contributed by atoms with E-state index >= 15 is 0 Å². The SMILES string of the molecule is COCCCN1C(=O)c2cccc3c(NC(=O)C4CCCN(S(=O)(=O)c5cccc(F)c5)C4)ccc1c23. The number of halogens is 1. The van der Waals surface area contributed by atoms with E-state index in [-0.39, 0.29) is 29.8 Å². The van der Waals surface area contributed by atoms with Gasteiger partial charge in [0.25, 0.3) is 5.91 Å². The van der Waals surface area contributed by atoms with Gasteiger partial charge in [-0.1, -0.05) is 18.2 Å². The van der Waals surface area contributed by atoms with Gasteiger partial charge in [-0.25, -0.2) is 12.8 Å². The molecule has 194 valence electrons. The lowest BCUT2D eigenvalue weighted by Gasteiger charge is -2.31. The van der Waals surface area contributed by atoms with Gasteiger partial charge in [-0.15, -0.1) is 0 Å². The number of piperidine rings is 1. The predicted octanol–water partition coefficient (Wildman–Crippen LogP) is 4.02. The number of carbonyl (C=O) groups excluding carboxylic acids is 2. The fourth-order valence-electron chi connectivity index (χ4n) is 5.13. The third-order valence-corrected chi connectivity index (χ3v) is 8.82. The van der Waals surface area contributed by atoms with Crippen molar-refractivity contribution in [3.63, 3.8) is 0 Å². The summed E-state index contributed by atoms with van der Waals surface area (Å²) in [5.74, 6) is -1.56. The molecule has 0 aliphatic carbocycles. The molecule has 1 unspecified atom stereocenters. The van der Waals surface area contributed by atoms with E-state index in [2.05, 4.69) is 5.32 Å². The van der Waals surface area contributed by atoms with Crippen molar-refractivity contribution < 1.29 is 27.1 Å². The Bertz CT molecular complexity index is 1480. The second-order valence-electron chi connectivity index (χ2n) is 9.31. The number of nitrogens with one attached hydrogen (secondary N) is 1. The first-order valence-corrected chi connectivity index (χ1v) is 13.7. The van der Waals surface area contributed by atoms with E-state index in [4.69, 9.17) is 4.74 Å². The molecule has 1 fully saturated rings. The van der Waals surface area contributed by atoms with Gasteiger partial charge < -0.3 is 15.0 Å². The lowest BCUT2D eigenvalue weighted by molar-refractivity contribution is -0.120. The third-order valence-electron chi connectivity index (χ3n) is 6.96. The first-order chi connectivity index (χ1) is 17.8. The van der Waals surface area contributed by atoms with E-state index < -0.39 is 21.8 Å². The molecule has 1 atom stereocenters. The van der Waals surface area contributed by atoms with Crippen molar-refractivity contribution in [2.75, 3.05) is 43.6 Å². The molecule has 0 spiro atoms. The second-order valence-corrected chi connectivity index (χ2v) is 11.3. The van der Waals surface area contributed by atoms with Gasteiger partial charge in [-0.05, 0) is 55.7 Å². The summed E-state index contributed by atoms with van der Waals surface area (Å²) in [5.41, 5.74) is 1.96. The van der Waals surface area contributed by atoms with Crippen LogP contribution in [0.25, 0.3) is 10.8 Å². The molecule has 2 aliphatic rings. The number of ether oxygens (including phenoxy) is 1. The molecule has 0 radical (unpaired) electrons. The number of methoxy groups -OCH3 is 1. The Morgan fingerprint density at radius 2 is 1.97 bits per heavy atom. The molecule has 3 aromatic rings. The Balaban J connectivity index is 1.36. The lowest BCUT2D eigenvalue weighted by Crippen LogP contribution is -2.43. The van der Waals surface area contributed by atoms with Crippen molar-refractivity contribution in [1.29, 1.82) is 0 Å². The van der Waals surface area contributed by atoms with Crippen LogP contribution >= 0.6 is 0 Å². The molecule has 8 nitrogen and oxygen atoms in total. The van der Waals surface area contributed by atoms with Crippen LogP contribution < -0.4 is 10.2 Å². The normalized spacial score (nSPS) is 17.9. The lowest BCUT2D eigenvalue weighted by atomic mass is 9.98. The van der Waals surface area contributed by atoms with Crippen LogP contribution in [0.5, 0.6) is 0 Å². The highest BCUT2D eigenvalue weighted by Gasteiger charge is 2.34. The number of hydrogen-bond donors (Lipinski definition) is 1. The van der Waals surface area contributed by atoms with Crippen molar-refractivity contribution in [3.05, 3.63) is 66.0 Å². The summed E-state index contributed by atoms with van der Waals surface area (Å²) in [4.78, 5) is 27.9. The van der Waals surface area contributed by atoms with E-state index in [1.807, 2.05) is 12.1 Å². The maximum atomic E-state index is 13.7. The van der Waals surface area contributed by atoms with Gasteiger partial charge in [0.1, 0.15) is 5.82 Å². The number of hydrogen-bond acceptors (Lipinski definition) is 5. The molecule has 0 saturated carbocycles. The number of amides is 2. The largest absolute Gasteiger partial charge is 0.385 e. The molecular weight excluding hydrogens is 497 g/mol. The van der Waals surface area contributed by atoms with Crippen LogP contribution in [0.4, 0.5) is 15.8 Å². The summed E-state index contributed by atoms with van der Waals surface area (Å²) < 4.78 is 46.1. The van der Waals surface area contributed by atoms with Crippen LogP contribution in [-0.4, -0.2) is 57.9 Å². The van der Waals surface area contributed by atoms with Crippen molar-refractivity contribution in [1.82, 2.24) is 4.31 Å². The zero-order valence-electron chi connectivity index (χ0n) is 20.4. The molecule has 0 aromatic heterocycles. The number of anilines is 2. The van der Waals surface area contributed by atoms with Gasteiger partial charge in [-0.2, -0.15) is 4.31 Å². The molecule has 2 heterocycles. The molecule has 37 heavy (non-hydrogen) atoms. The van der Waals surface area contributed by atoms with Crippen LogP contribution in [0.15, 0.2) is 59.5 Å². The number of carbonyl (C=O) groups is 2. The highest BCUT2D eigenvalue weighted by atomic mass is 32.2. The fourth-order valence-corrected chi connectivity index (χ4v) is 6.69. The summed E-state index contributed by atoms with van der Waals surface area (Å²) in [6, 6.07) is 14.0. The standard InChI is InChI=1S/C27H28FN3O5S/c1-36-15-5-14-31-24-12-11-23(21-9-3-10-22(25(21)24)27(31)33)29-26(32)18-6-4-13-30(17-18)37(34,35)20-8-2-7-19(28)16-20/h2-3,7-12,16,18H,4-6,13-15,17H2,1H3,(H,29,32). The minimum absolute atomic E-state index is 0.0116. The first-order valence-electron chi connectivity index (χ1n) is 12.2. The maximum absolute atomic E-state index is 13.7. The number of nitrogens with zero attached hydrogens (tertiary/aromatic N) is 2. The number of sulfonamides is 1. The van der Waals surface area contributed by atoms with Gasteiger partial charge in [0.2, 0.25) is 15.9 Å². The van der Waals surface area contributed by atoms with Gasteiger partial charge in [0.05, 0.1) is 16.5 Å². The van der Waals surface area contributed by atoms with Gasteiger partial charge in [-0.3, -0.25) is 9.59 Å². The van der Waals surface area contributed by atoms with E-state index in [0.717, 1.165) is 22.5 Å². The Morgan fingerprint density at radius 3 is 2.76 bits per heavy atom. The van der Waals surface area contributed by atoms with E-state index in [0.29, 0.717) is 43.7 Å². The monoisotopic (exact) mass is 525 g/mol. The molecular formula is C27H28FN3O5S. The highest BCUT2D eigenvalue weighted by molar-refractivity contribution is 7.89. The zero-order valence-corrected chi connectivity index (χ0v) is 21.3. The molecule has 10 heteroatoms. The Kier molecular flexibility index (Phi) is 6.98. The highest BCUT2D eigenvalue weighted by Crippen LogP contribution is 2.41. The average molecular weight is 526 g/mol. The minimum atomic E-state index is -3.92. The summed E-state index contributed by atoms with van der Waals surface area (Å²) in [6.07, 6.45) is 1.75. The van der Waals surface area contributed by atoms with Crippen LogP contribution in [0.1, 0.15) is 29.6 Å². The summed E-state index contributed by atoms with van der Waals surface area (Å²) in [6.45, 7) is 1.35. The molecule has 2 amide bonds. The van der Waals surface area contributed by atoms with Gasteiger partial charge in [0.15, 0.2) is 0 Å². The van der Waals surface area contributed by atoms with E-state index in [9.17, 15) is 22.4 Å². The molecule has 5 rings (SSSR count). The van der Waals surface area contributed by atoms with Crippen molar-refractivity contribution in [2.24, 2.45) is 5.92 Å². The van der Waals surface area contributed by atoms with E-state index in [1.54, 1.807) is 30.2 Å². The summed E-state index contributed by atoms with van der Waals surface area (Å²) in [7, 11) is -2.30. The summed E-state index contributed by atoms with van der Waals surface area (Å²) >= 11 is 0. The van der Waals surface area contributed by atoms with Gasteiger partial charge >= 0.3 is 0 Å². The van der Waals surface area contributed by atoms with E-state index in [1.165, 1.54) is 22.5 Å². The summed E-state index contributed by atoms with van der Waals surface area (Å²) in [5, 5.41) is 4.52. The van der Waals surface area contributed by atoms with Crippen LogP contribution in [0, 0.1) is 11.7 Å². The van der Waals surface area contributed by atoms with Crippen LogP contribution in [-0.2, 0) is 19.6 Å². The van der Waals surface area contributed by atoms with Gasteiger partial charge in [0, 0.05) is 55.4 Å². The zero-order chi connectivity index (χ0) is 26.2. The second kappa shape index (κ2) is 10.2. The Morgan fingerprint density at radius 1 is 1.16 bits per heavy atom. The van der Waals surface area contributed by atoms with Crippen molar-refractivity contribution in [3.8, 4) is 0 Å². The molecule has 1 saturated heterocycles. The fraction of sp³-hybridized carbons (Fsp3) is 0.333.